The van der Waals surface area contributed by atoms with Crippen molar-refractivity contribution in [3.05, 3.63) is 0 Å². The van der Waals surface area contributed by atoms with Gasteiger partial charge in [-0.15, -0.1) is 0 Å². The Hall–Kier alpha value is 0.450. The van der Waals surface area contributed by atoms with Gasteiger partial charge in [0.1, 0.15) is 0 Å². The van der Waals surface area contributed by atoms with Gasteiger partial charge in [0.15, 0.2) is 0 Å². The second kappa shape index (κ2) is 2.72. The van der Waals surface area contributed by atoms with Crippen LogP contribution in [0.5, 0.6) is 0 Å². The molecule has 3 heterocycles. The SMILES string of the molecule is O=P(O)(O)O.O=P12OP(=O)(O1)O2. The summed E-state index contributed by atoms with van der Waals surface area (Å²) in [5.41, 5.74) is 0. The Morgan fingerprint density at radius 1 is 0.917 bits per heavy atom. The molecule has 0 aromatic heterocycles. The molecule has 9 nitrogen and oxygen atoms in total. The third kappa shape index (κ3) is 2.74. The second-order valence-corrected chi connectivity index (χ2v) is 6.43. The van der Waals surface area contributed by atoms with Crippen molar-refractivity contribution in [3.63, 3.8) is 0 Å². The predicted molar refractivity (Wildman–Crippen MR) is 32.7 cm³/mol. The third-order valence-corrected chi connectivity index (χ3v) is 5.40. The van der Waals surface area contributed by atoms with Gasteiger partial charge in [-0.05, 0) is 0 Å². The van der Waals surface area contributed by atoms with Crippen LogP contribution in [0.2, 0.25) is 0 Å². The number of rotatable bonds is 0. The van der Waals surface area contributed by atoms with Crippen molar-refractivity contribution in [2.45, 2.75) is 0 Å². The van der Waals surface area contributed by atoms with Crippen molar-refractivity contribution in [2.75, 3.05) is 0 Å². The molecule has 3 saturated heterocycles. The highest BCUT2D eigenvalue weighted by atomic mass is 31.4. The van der Waals surface area contributed by atoms with Crippen LogP contribution >= 0.6 is 23.5 Å². The molecule has 0 aromatic carbocycles. The number of hydrogen-bond acceptors (Lipinski definition) is 6. The molecule has 0 aliphatic carbocycles. The molecule has 3 aliphatic heterocycles. The van der Waals surface area contributed by atoms with Crippen LogP contribution in [-0.4, -0.2) is 14.7 Å². The van der Waals surface area contributed by atoms with E-state index in [-0.39, 0.29) is 0 Å². The lowest BCUT2D eigenvalue weighted by Crippen LogP contribution is -2.20. The Balaban J connectivity index is 0.000000130. The van der Waals surface area contributed by atoms with Crippen molar-refractivity contribution in [1.29, 1.82) is 0 Å². The summed E-state index contributed by atoms with van der Waals surface area (Å²) in [6.45, 7) is 0. The first kappa shape index (κ1) is 10.5. The zero-order chi connectivity index (χ0) is 9.62. The maximum atomic E-state index is 10.1. The molecule has 0 atom stereocenters. The lowest BCUT2D eigenvalue weighted by Gasteiger charge is -2.41. The van der Waals surface area contributed by atoms with Crippen LogP contribution in [0.3, 0.4) is 0 Å². The lowest BCUT2D eigenvalue weighted by molar-refractivity contribution is 0.0885. The first-order valence-electron chi connectivity index (χ1n) is 2.24. The summed E-state index contributed by atoms with van der Waals surface area (Å²) < 4.78 is 41.3. The summed E-state index contributed by atoms with van der Waals surface area (Å²) in [4.78, 5) is 21.6. The van der Waals surface area contributed by atoms with E-state index in [1.54, 1.807) is 0 Å². The molecule has 2 bridgehead atoms. The predicted octanol–water partition coefficient (Wildman–Crippen LogP) is 0.351. The molecule has 3 fully saturated rings. The number of phosphoric acid groups is 3. The molecule has 72 valence electrons. The first-order valence-corrected chi connectivity index (χ1v) is 6.73. The second-order valence-electron chi connectivity index (χ2n) is 1.65. The smallest absolute Gasteiger partial charge is 0.303 e. The first-order chi connectivity index (χ1) is 5.12. The average molecular weight is 240 g/mol. The minimum Gasteiger partial charge on any atom is -0.303 e. The van der Waals surface area contributed by atoms with Gasteiger partial charge in [0.25, 0.3) is 0 Å². The molecule has 0 saturated carbocycles. The summed E-state index contributed by atoms with van der Waals surface area (Å²) >= 11 is 0. The Morgan fingerprint density at radius 3 is 1.08 bits per heavy atom. The summed E-state index contributed by atoms with van der Waals surface area (Å²) in [6.07, 6.45) is 0. The highest BCUT2D eigenvalue weighted by Crippen LogP contribution is 2.99. The molecule has 3 N–H and O–H groups in total. The van der Waals surface area contributed by atoms with Gasteiger partial charge in [-0.3, -0.25) is 0 Å². The average Bonchev–Trinajstić information content (AvgIpc) is 1.52. The van der Waals surface area contributed by atoms with Crippen LogP contribution in [0.25, 0.3) is 0 Å². The number of hydrogen-bond donors (Lipinski definition) is 3. The normalized spacial score (nSPS) is 43.2. The molecule has 0 unspecified atom stereocenters. The zero-order valence-electron chi connectivity index (χ0n) is 5.13. The van der Waals surface area contributed by atoms with Crippen LogP contribution in [0.15, 0.2) is 0 Å². The van der Waals surface area contributed by atoms with E-state index in [0.717, 1.165) is 0 Å². The van der Waals surface area contributed by atoms with Gasteiger partial charge in [0.2, 0.25) is 0 Å². The molecule has 0 spiro atoms. The van der Waals surface area contributed by atoms with Gasteiger partial charge in [-0.25, -0.2) is 13.7 Å². The van der Waals surface area contributed by atoms with Gasteiger partial charge < -0.3 is 14.7 Å². The van der Waals surface area contributed by atoms with E-state index in [2.05, 4.69) is 12.9 Å². The van der Waals surface area contributed by atoms with Crippen LogP contribution in [-0.2, 0) is 26.6 Å². The summed E-state index contributed by atoms with van der Waals surface area (Å²) in [7, 11) is -10.9. The van der Waals surface area contributed by atoms with E-state index >= 15 is 0 Å². The Morgan fingerprint density at radius 2 is 1.08 bits per heavy atom. The standard InChI is InChI=1S/O5P2.H3O4P/c1-6-3-7(2,4-6)5-6;1-5(2,3)4/h;(H3,1,2,3,4). The fourth-order valence-corrected chi connectivity index (χ4v) is 3.47. The maximum absolute atomic E-state index is 10.1. The Labute approximate surface area is 65.7 Å². The lowest BCUT2D eigenvalue weighted by atomic mass is 15.6. The fourth-order valence-electron chi connectivity index (χ4n) is 0.386. The maximum Gasteiger partial charge on any atom is 0.501 e. The van der Waals surface area contributed by atoms with E-state index in [4.69, 9.17) is 19.2 Å². The molecule has 3 rings (SSSR count). The molecule has 0 amide bonds. The molecular formula is H3O9P3. The van der Waals surface area contributed by atoms with Crippen LogP contribution in [0.4, 0.5) is 0 Å². The monoisotopic (exact) mass is 240 g/mol. The Bertz CT molecular complexity index is 257. The van der Waals surface area contributed by atoms with Crippen LogP contribution in [0.1, 0.15) is 0 Å². The molecule has 0 radical (unpaired) electrons. The summed E-state index contributed by atoms with van der Waals surface area (Å²) in [5.74, 6) is 0. The quantitative estimate of drug-likeness (QED) is 0.511. The van der Waals surface area contributed by atoms with Crippen molar-refractivity contribution in [3.8, 4) is 0 Å². The zero-order valence-corrected chi connectivity index (χ0v) is 7.82. The van der Waals surface area contributed by atoms with E-state index < -0.39 is 23.5 Å². The summed E-state index contributed by atoms with van der Waals surface area (Å²) in [5, 5.41) is 0. The fraction of sp³-hybridized carbons (Fsp3) is 0. The molecule has 3 aliphatic rings. The van der Waals surface area contributed by atoms with Crippen molar-refractivity contribution >= 4 is 23.5 Å². The van der Waals surface area contributed by atoms with Gasteiger partial charge >= 0.3 is 23.5 Å². The van der Waals surface area contributed by atoms with Crippen molar-refractivity contribution in [1.82, 2.24) is 0 Å². The van der Waals surface area contributed by atoms with Gasteiger partial charge in [-0.2, -0.15) is 12.9 Å². The van der Waals surface area contributed by atoms with Gasteiger partial charge in [-0.1, -0.05) is 0 Å². The Kier molecular flexibility index (Phi) is 2.38. The van der Waals surface area contributed by atoms with Crippen LogP contribution in [0, 0.1) is 0 Å². The van der Waals surface area contributed by atoms with Gasteiger partial charge in [0, 0.05) is 0 Å². The molecule has 0 aromatic rings. The summed E-state index contributed by atoms with van der Waals surface area (Å²) in [6, 6.07) is 0. The molecular weight excluding hydrogens is 237 g/mol. The van der Waals surface area contributed by atoms with E-state index in [1.165, 1.54) is 0 Å². The topological polar surface area (TPSA) is 140 Å². The van der Waals surface area contributed by atoms with Crippen molar-refractivity contribution < 1.29 is 41.3 Å². The molecule has 12 heavy (non-hydrogen) atoms. The third-order valence-electron chi connectivity index (χ3n) is 0.600. The molecule has 12 heteroatoms. The van der Waals surface area contributed by atoms with Crippen molar-refractivity contribution in [2.24, 2.45) is 0 Å². The van der Waals surface area contributed by atoms with Crippen LogP contribution < -0.4 is 0 Å². The highest BCUT2D eigenvalue weighted by Gasteiger charge is 2.73. The highest BCUT2D eigenvalue weighted by molar-refractivity contribution is 7.87. The largest absolute Gasteiger partial charge is 0.501 e. The van der Waals surface area contributed by atoms with E-state index in [0.29, 0.717) is 0 Å². The minimum atomic E-state index is -4.64. The minimum absolute atomic E-state index is 3.15. The van der Waals surface area contributed by atoms with E-state index in [9.17, 15) is 9.13 Å². The van der Waals surface area contributed by atoms with E-state index in [1.807, 2.05) is 0 Å². The van der Waals surface area contributed by atoms with Gasteiger partial charge in [0.05, 0.1) is 0 Å².